The Kier molecular flexibility index (Phi) is 7.16. The van der Waals surface area contributed by atoms with Crippen molar-refractivity contribution in [2.75, 3.05) is 13.1 Å². The second-order valence-corrected chi connectivity index (χ2v) is 8.48. The van der Waals surface area contributed by atoms with E-state index >= 15 is 0 Å². The molecule has 0 saturated carbocycles. The lowest BCUT2D eigenvalue weighted by molar-refractivity contribution is -0.347. The lowest BCUT2D eigenvalue weighted by Crippen LogP contribution is -2.22. The Morgan fingerprint density at radius 1 is 0.969 bits per heavy atom. The lowest BCUT2D eigenvalue weighted by atomic mass is 10.1. The van der Waals surface area contributed by atoms with E-state index in [0.29, 0.717) is 44.8 Å². The van der Waals surface area contributed by atoms with Crippen molar-refractivity contribution in [3.63, 3.8) is 0 Å². The van der Waals surface area contributed by atoms with Crippen LogP contribution in [0.15, 0.2) is 42.7 Å². The van der Waals surface area contributed by atoms with Gasteiger partial charge in [0.25, 0.3) is 5.28 Å². The van der Waals surface area contributed by atoms with Crippen LogP contribution in [0.3, 0.4) is 0 Å². The lowest BCUT2D eigenvalue weighted by Gasteiger charge is -2.18. The first kappa shape index (κ1) is 22.8. The van der Waals surface area contributed by atoms with E-state index in [2.05, 4.69) is 62.9 Å². The minimum absolute atomic E-state index is 0.113. The van der Waals surface area contributed by atoms with Crippen LogP contribution in [0.5, 0.6) is 5.75 Å². The number of ether oxygens (including phenoxy) is 1. The smallest absolute Gasteiger partial charge is 0.305 e. The molecule has 4 rings (SSSR count). The van der Waals surface area contributed by atoms with Gasteiger partial charge in [-0.05, 0) is 48.0 Å². The summed E-state index contributed by atoms with van der Waals surface area (Å²) in [5, 5.41) is 0.974. The molecule has 0 bridgehead atoms. The number of fused-ring (bicyclic) bond motifs is 1. The van der Waals surface area contributed by atoms with Gasteiger partial charge in [-0.2, -0.15) is 4.98 Å². The van der Waals surface area contributed by atoms with E-state index in [-0.39, 0.29) is 5.28 Å². The van der Waals surface area contributed by atoms with Gasteiger partial charge in [-0.15, -0.1) is 0 Å². The fourth-order valence-corrected chi connectivity index (χ4v) is 4.17. The Balaban J connectivity index is 1.56. The number of nitrogens with one attached hydrogen (secondary N) is 2. The van der Waals surface area contributed by atoms with Crippen LogP contribution < -0.4 is 9.72 Å². The number of nitrogens with zero attached hydrogens (tertiary/aromatic N) is 3. The van der Waals surface area contributed by atoms with Gasteiger partial charge >= 0.3 is 5.65 Å². The van der Waals surface area contributed by atoms with Crippen molar-refractivity contribution in [1.82, 2.24) is 19.9 Å². The second-order valence-electron chi connectivity index (χ2n) is 7.33. The maximum Gasteiger partial charge on any atom is 0.305 e. The highest BCUT2D eigenvalue weighted by atomic mass is 35.5. The van der Waals surface area contributed by atoms with Crippen LogP contribution >= 0.6 is 34.8 Å². The maximum absolute atomic E-state index is 6.48. The molecule has 0 atom stereocenters. The molecule has 0 aliphatic heterocycles. The summed E-state index contributed by atoms with van der Waals surface area (Å²) in [6, 6.07) is 11.8. The summed E-state index contributed by atoms with van der Waals surface area (Å²) in [6.07, 6.45) is 1.66. The Hall–Kier alpha value is -2.38. The highest BCUT2D eigenvalue weighted by Crippen LogP contribution is 2.38. The van der Waals surface area contributed by atoms with Crippen molar-refractivity contribution in [2.24, 2.45) is 0 Å². The summed E-state index contributed by atoms with van der Waals surface area (Å²) < 4.78 is 6.03. The van der Waals surface area contributed by atoms with E-state index in [1.807, 2.05) is 0 Å². The summed E-state index contributed by atoms with van der Waals surface area (Å²) in [5.41, 5.74) is 4.80. The third-order valence-electron chi connectivity index (χ3n) is 5.30. The monoisotopic (exact) mass is 490 g/mol. The second kappa shape index (κ2) is 10.0. The molecule has 2 heterocycles. The van der Waals surface area contributed by atoms with Gasteiger partial charge in [0.1, 0.15) is 18.1 Å². The molecule has 0 aliphatic carbocycles. The van der Waals surface area contributed by atoms with Crippen molar-refractivity contribution in [3.05, 3.63) is 69.2 Å². The zero-order valence-electron chi connectivity index (χ0n) is 17.8. The molecule has 2 aromatic heterocycles. The summed E-state index contributed by atoms with van der Waals surface area (Å²) in [5.74, 6) is 0.511. The number of aromatic nitrogens is 4. The van der Waals surface area contributed by atoms with Gasteiger partial charge in [0.2, 0.25) is 0 Å². The fraction of sp³-hybridized carbons (Fsp3) is 0.261. The van der Waals surface area contributed by atoms with Crippen LogP contribution in [0.4, 0.5) is 0 Å². The predicted octanol–water partition coefficient (Wildman–Crippen LogP) is 5.82. The molecule has 0 aliphatic rings. The zero-order chi connectivity index (χ0) is 22.7. The average Bonchev–Trinajstić information content (AvgIpc) is 3.25. The summed E-state index contributed by atoms with van der Waals surface area (Å²) in [7, 11) is 0. The normalized spacial score (nSPS) is 11.4. The van der Waals surface area contributed by atoms with Gasteiger partial charge in [0.15, 0.2) is 11.8 Å². The predicted molar refractivity (Wildman–Crippen MR) is 128 cm³/mol. The standard InChI is InChI=1S/C23H22Cl3N5O/c1-3-31(4-2)11-14-5-7-15(8-6-14)12-32-19-9-16(17(24)10-18(19)25)20-21-22(28-13-27-21)30-23(26)29-20/h5-10,13H,3-4,11-12H2,1-2H3,(H,27,28,29,30)/p+1. The molecule has 2 N–H and O–H groups in total. The van der Waals surface area contributed by atoms with E-state index in [9.17, 15) is 0 Å². The van der Waals surface area contributed by atoms with Crippen LogP contribution in [0.2, 0.25) is 15.3 Å². The molecule has 2 aromatic carbocycles. The van der Waals surface area contributed by atoms with Gasteiger partial charge in [-0.3, -0.25) is 9.88 Å². The van der Waals surface area contributed by atoms with E-state index in [1.54, 1.807) is 18.5 Å². The molecular formula is C23H23Cl3N5O+. The molecule has 0 saturated heterocycles. The molecule has 0 unspecified atom stereocenters. The molecular weight excluding hydrogens is 469 g/mol. The molecule has 0 radical (unpaired) electrons. The van der Waals surface area contributed by atoms with E-state index in [4.69, 9.17) is 39.5 Å². The van der Waals surface area contributed by atoms with Crippen molar-refractivity contribution >= 4 is 46.0 Å². The molecule has 166 valence electrons. The van der Waals surface area contributed by atoms with E-state index in [0.717, 1.165) is 25.2 Å². The number of hydrogen-bond acceptors (Lipinski definition) is 4. The quantitative estimate of drug-likeness (QED) is 0.315. The van der Waals surface area contributed by atoms with Gasteiger partial charge < -0.3 is 4.74 Å². The molecule has 32 heavy (non-hydrogen) atoms. The van der Waals surface area contributed by atoms with Crippen molar-refractivity contribution in [3.8, 4) is 17.0 Å². The van der Waals surface area contributed by atoms with Gasteiger partial charge in [0, 0.05) is 12.1 Å². The molecule has 0 spiro atoms. The highest BCUT2D eigenvalue weighted by molar-refractivity contribution is 6.37. The molecule has 9 heteroatoms. The average molecular weight is 492 g/mol. The minimum Gasteiger partial charge on any atom is -0.487 e. The van der Waals surface area contributed by atoms with Crippen molar-refractivity contribution < 1.29 is 9.72 Å². The Morgan fingerprint density at radius 3 is 2.41 bits per heavy atom. The van der Waals surface area contributed by atoms with Crippen LogP contribution in [0.25, 0.3) is 22.4 Å². The van der Waals surface area contributed by atoms with Gasteiger partial charge in [0.05, 0.1) is 10.0 Å². The Labute approximate surface area is 201 Å². The number of H-pyrrole nitrogens is 2. The third kappa shape index (κ3) is 4.99. The van der Waals surface area contributed by atoms with Gasteiger partial charge in [-0.1, -0.05) is 66.3 Å². The number of imidazole rings is 1. The zero-order valence-corrected chi connectivity index (χ0v) is 20.0. The Bertz CT molecular complexity index is 1220. The summed E-state index contributed by atoms with van der Waals surface area (Å²) in [6.45, 7) is 7.72. The maximum atomic E-state index is 6.48. The van der Waals surface area contributed by atoms with Crippen LogP contribution in [-0.4, -0.2) is 32.9 Å². The minimum atomic E-state index is 0.113. The van der Waals surface area contributed by atoms with E-state index in [1.165, 1.54) is 5.56 Å². The summed E-state index contributed by atoms with van der Waals surface area (Å²) >= 11 is 19.0. The Morgan fingerprint density at radius 2 is 1.69 bits per heavy atom. The highest BCUT2D eigenvalue weighted by Gasteiger charge is 2.20. The molecule has 0 fully saturated rings. The number of benzene rings is 2. The first-order valence-corrected chi connectivity index (χ1v) is 11.5. The topological polar surface area (TPSA) is 68.2 Å². The van der Waals surface area contributed by atoms with Crippen LogP contribution in [0.1, 0.15) is 25.0 Å². The third-order valence-corrected chi connectivity index (χ3v) is 6.08. The van der Waals surface area contributed by atoms with Crippen molar-refractivity contribution in [1.29, 1.82) is 0 Å². The fourth-order valence-electron chi connectivity index (χ4n) is 3.47. The summed E-state index contributed by atoms with van der Waals surface area (Å²) in [4.78, 5) is 17.0. The molecule has 6 nitrogen and oxygen atoms in total. The SMILES string of the molecule is CCN(CC)Cc1ccc(COc2cc(-c3nc(Cl)nc4[nH+]c[nH]c34)c(Cl)cc2Cl)cc1. The number of halogens is 3. The van der Waals surface area contributed by atoms with Crippen molar-refractivity contribution in [2.45, 2.75) is 27.0 Å². The first-order chi connectivity index (χ1) is 15.5. The molecule has 0 amide bonds. The van der Waals surface area contributed by atoms with Crippen LogP contribution in [0, 0.1) is 0 Å². The number of rotatable bonds is 8. The number of aromatic amines is 2. The largest absolute Gasteiger partial charge is 0.487 e. The van der Waals surface area contributed by atoms with Crippen LogP contribution in [-0.2, 0) is 13.2 Å². The number of hydrogen-bond donors (Lipinski definition) is 1. The van der Waals surface area contributed by atoms with E-state index < -0.39 is 0 Å². The first-order valence-electron chi connectivity index (χ1n) is 10.3. The molecule has 4 aromatic rings. The van der Waals surface area contributed by atoms with Gasteiger partial charge in [-0.25, -0.2) is 4.98 Å².